The topological polar surface area (TPSA) is 208 Å². The molecule has 0 bridgehead atoms. The van der Waals surface area contributed by atoms with Crippen molar-refractivity contribution in [1.29, 1.82) is 0 Å². The second-order valence-corrected chi connectivity index (χ2v) is 11.4. The van der Waals surface area contributed by atoms with E-state index in [0.717, 1.165) is 30.3 Å². The second kappa shape index (κ2) is 13.0. The van der Waals surface area contributed by atoms with Crippen molar-refractivity contribution in [3.63, 3.8) is 0 Å². The summed E-state index contributed by atoms with van der Waals surface area (Å²) in [5.74, 6) is -0.984. The van der Waals surface area contributed by atoms with Gasteiger partial charge < -0.3 is 5.11 Å². The van der Waals surface area contributed by atoms with E-state index in [1.54, 1.807) is 6.07 Å². The summed E-state index contributed by atoms with van der Waals surface area (Å²) in [6.07, 6.45) is 0. The van der Waals surface area contributed by atoms with Gasteiger partial charge in [-0.3, -0.25) is 13.7 Å². The second-order valence-electron chi connectivity index (χ2n) is 7.21. The number of hydrogen-bond donors (Lipinski definition) is 4. The van der Waals surface area contributed by atoms with Gasteiger partial charge in [-0.05, 0) is 35.7 Å². The zero-order chi connectivity index (χ0) is 25.8. The Balaban J connectivity index is 0.00000241. The summed E-state index contributed by atoms with van der Waals surface area (Å²) in [5, 5.41) is 18.6. The third-order valence-corrected chi connectivity index (χ3v) is 7.62. The van der Waals surface area contributed by atoms with Gasteiger partial charge in [0.1, 0.15) is 15.5 Å². The van der Waals surface area contributed by atoms with Crippen molar-refractivity contribution in [2.75, 3.05) is 0 Å². The molecule has 0 aromatic heterocycles. The van der Waals surface area contributed by atoms with Gasteiger partial charge in [0, 0.05) is 16.2 Å². The fourth-order valence-electron chi connectivity index (χ4n) is 3.46. The Morgan fingerprint density at radius 1 is 0.579 bits per heavy atom. The Kier molecular flexibility index (Phi) is 12.2. The molecule has 38 heavy (non-hydrogen) atoms. The number of benzene rings is 4. The molecule has 0 fully saturated rings. The van der Waals surface area contributed by atoms with Crippen LogP contribution in [0.25, 0.3) is 21.5 Å². The summed E-state index contributed by atoms with van der Waals surface area (Å²) in [4.78, 5) is -1.95. The van der Waals surface area contributed by atoms with E-state index in [1.807, 2.05) is 0 Å². The van der Waals surface area contributed by atoms with E-state index in [4.69, 9.17) is 0 Å². The molecular weight excluding hydrogens is 593 g/mol. The molecule has 4 N–H and O–H groups in total. The van der Waals surface area contributed by atoms with Crippen LogP contribution >= 0.6 is 0 Å². The molecule has 0 aliphatic carbocycles. The predicted octanol–water partition coefficient (Wildman–Crippen LogP) is 1.91. The maximum absolute atomic E-state index is 11.8. The van der Waals surface area contributed by atoms with Gasteiger partial charge in [-0.1, -0.05) is 30.3 Å². The van der Waals surface area contributed by atoms with Crippen LogP contribution in [0.5, 0.6) is 5.75 Å². The van der Waals surface area contributed by atoms with Gasteiger partial charge in [0.25, 0.3) is 30.4 Å². The Labute approximate surface area is 283 Å². The quantitative estimate of drug-likeness (QED) is 0.147. The van der Waals surface area contributed by atoms with Crippen LogP contribution in [-0.4, -0.2) is 133 Å². The zero-order valence-electron chi connectivity index (χ0n) is 17.1. The number of aromatic hydroxyl groups is 1. The van der Waals surface area contributed by atoms with Crippen molar-refractivity contribution in [2.24, 2.45) is 10.2 Å². The first-order chi connectivity index (χ1) is 16.2. The van der Waals surface area contributed by atoms with Gasteiger partial charge in [-0.2, -0.15) is 25.3 Å². The number of rotatable bonds is 5. The van der Waals surface area contributed by atoms with E-state index in [1.165, 1.54) is 24.3 Å². The zero-order valence-corrected chi connectivity index (χ0v) is 19.6. The normalized spacial score (nSPS) is 12.1. The summed E-state index contributed by atoms with van der Waals surface area (Å²) in [6, 6.07) is 12.1. The third kappa shape index (κ3) is 7.43. The molecule has 0 spiro atoms. The summed E-state index contributed by atoms with van der Waals surface area (Å²) in [7, 11) is -14.2. The van der Waals surface area contributed by atoms with E-state index in [2.05, 4.69) is 10.2 Å². The van der Waals surface area contributed by atoms with E-state index in [-0.39, 0.29) is 121 Å². The molecule has 18 heteroatoms. The fourth-order valence-corrected chi connectivity index (χ4v) is 5.29. The SMILES string of the molecule is O=S(=O)(O)c1ccc2c(N=Nc3ccc(S(=O)(=O)O)c4ccccc34)c(O)c(S(=O)(=O)O)cc2c1.[NaH].[NaH].[NaH]. The number of azo groups is 1. The van der Waals surface area contributed by atoms with Crippen LogP contribution in [0.4, 0.5) is 11.4 Å². The van der Waals surface area contributed by atoms with Gasteiger partial charge >= 0.3 is 88.7 Å². The summed E-state index contributed by atoms with van der Waals surface area (Å²) >= 11 is 0. The molecule has 0 atom stereocenters. The molecule has 0 saturated carbocycles. The number of phenolic OH excluding ortho intramolecular Hbond substituents is 1. The first kappa shape index (κ1) is 35.6. The molecule has 0 saturated heterocycles. The molecule has 4 aromatic rings. The molecule has 0 radical (unpaired) electrons. The summed E-state index contributed by atoms with van der Waals surface area (Å²) < 4.78 is 98.2. The first-order valence-corrected chi connectivity index (χ1v) is 13.7. The summed E-state index contributed by atoms with van der Waals surface area (Å²) in [6.45, 7) is 0. The van der Waals surface area contributed by atoms with Crippen molar-refractivity contribution in [3.8, 4) is 5.75 Å². The average molecular weight is 611 g/mol. The summed E-state index contributed by atoms with van der Waals surface area (Å²) in [5.41, 5.74) is -0.382. The van der Waals surface area contributed by atoms with Crippen LogP contribution in [0.3, 0.4) is 0 Å². The maximum atomic E-state index is 11.8. The molecule has 4 aromatic carbocycles. The molecular formula is C20H17N2Na3O10S3. The molecule has 12 nitrogen and oxygen atoms in total. The standard InChI is InChI=1S/C20H14N2O10S3.3Na.3H/c23-20-18(35(30,31)32)10-11-9-12(33(24,25)26)5-6-13(11)19(20)22-21-16-7-8-17(34(27,28)29)15-4-2-1-3-14(15)16;;;;;;/h1-10,23H,(H,24,25,26)(H,27,28,29)(H,30,31,32);;;;;;. The van der Waals surface area contributed by atoms with Crippen LogP contribution in [0.2, 0.25) is 0 Å². The Hall–Kier alpha value is -0.470. The van der Waals surface area contributed by atoms with E-state index in [9.17, 15) is 44.0 Å². The average Bonchev–Trinajstić information content (AvgIpc) is 2.75. The fraction of sp³-hybridized carbons (Fsp3) is 0. The number of nitrogens with zero attached hydrogens (tertiary/aromatic N) is 2. The Morgan fingerprint density at radius 2 is 1.16 bits per heavy atom. The van der Waals surface area contributed by atoms with Crippen LogP contribution in [0.15, 0.2) is 85.6 Å². The van der Waals surface area contributed by atoms with E-state index < -0.39 is 51.6 Å². The first-order valence-electron chi connectivity index (χ1n) is 9.33. The van der Waals surface area contributed by atoms with Crippen molar-refractivity contribution in [1.82, 2.24) is 0 Å². The minimum atomic E-state index is -4.99. The third-order valence-electron chi connectivity index (χ3n) is 4.99. The molecule has 4 rings (SSSR count). The van der Waals surface area contributed by atoms with E-state index >= 15 is 0 Å². The molecule has 0 unspecified atom stereocenters. The Morgan fingerprint density at radius 3 is 1.71 bits per heavy atom. The van der Waals surface area contributed by atoms with Gasteiger partial charge in [0.2, 0.25) is 0 Å². The van der Waals surface area contributed by atoms with Gasteiger partial charge in [0.05, 0.1) is 10.6 Å². The monoisotopic (exact) mass is 610 g/mol. The van der Waals surface area contributed by atoms with Crippen LogP contribution in [0.1, 0.15) is 0 Å². The minimum absolute atomic E-state index is 0. The molecule has 0 amide bonds. The van der Waals surface area contributed by atoms with E-state index in [0.29, 0.717) is 0 Å². The number of fused-ring (bicyclic) bond motifs is 2. The predicted molar refractivity (Wildman–Crippen MR) is 145 cm³/mol. The number of phenols is 1. The van der Waals surface area contributed by atoms with Crippen LogP contribution < -0.4 is 0 Å². The molecule has 0 aliphatic heterocycles. The van der Waals surface area contributed by atoms with Crippen molar-refractivity contribution < 1.29 is 44.0 Å². The van der Waals surface area contributed by atoms with Crippen molar-refractivity contribution in [3.05, 3.63) is 60.7 Å². The van der Waals surface area contributed by atoms with Crippen molar-refractivity contribution >= 4 is 152 Å². The van der Waals surface area contributed by atoms with Crippen molar-refractivity contribution in [2.45, 2.75) is 14.7 Å². The van der Waals surface area contributed by atoms with Gasteiger partial charge in [-0.25, -0.2) is 0 Å². The van der Waals surface area contributed by atoms with Crippen LogP contribution in [-0.2, 0) is 30.4 Å². The molecule has 188 valence electrons. The molecule has 0 aliphatic rings. The number of hydrogen-bond acceptors (Lipinski definition) is 9. The van der Waals surface area contributed by atoms with Gasteiger partial charge in [0.15, 0.2) is 5.75 Å². The van der Waals surface area contributed by atoms with Gasteiger partial charge in [-0.15, -0.1) is 10.2 Å². The Bertz CT molecular complexity index is 1900. The van der Waals surface area contributed by atoms with Crippen LogP contribution in [0, 0.1) is 0 Å². The molecule has 0 heterocycles.